The predicted molar refractivity (Wildman–Crippen MR) is 116 cm³/mol. The van der Waals surface area contributed by atoms with Crippen molar-refractivity contribution >= 4 is 70.2 Å². The summed E-state index contributed by atoms with van der Waals surface area (Å²) in [4.78, 5) is 51.1. The van der Waals surface area contributed by atoms with Gasteiger partial charge in [0.15, 0.2) is 11.3 Å². The normalized spacial score (nSPS) is 23.1. The van der Waals surface area contributed by atoms with E-state index in [1.54, 1.807) is 30.3 Å². The minimum Gasteiger partial charge on any atom is -0.461 e. The molecule has 2 aliphatic heterocycles. The summed E-state index contributed by atoms with van der Waals surface area (Å²) in [7, 11) is 0. The molecule has 3 rings (SSSR count). The van der Waals surface area contributed by atoms with Crippen LogP contribution >= 0.6 is 46.6 Å². The summed E-state index contributed by atoms with van der Waals surface area (Å²) in [6.07, 6.45) is 0. The molecule has 1 aromatic carbocycles. The maximum absolute atomic E-state index is 13.1. The average molecular weight is 508 g/mol. The van der Waals surface area contributed by atoms with Gasteiger partial charge in [0, 0.05) is 23.8 Å². The number of carbonyl (C=O) groups excluding carboxylic acids is 4. The number of carbonyl (C=O) groups is 4. The number of Topliss-reactive ketones (excluding diaryl/α,β-unsaturated/α-hetero) is 1. The lowest BCUT2D eigenvalue weighted by Crippen LogP contribution is -2.81. The van der Waals surface area contributed by atoms with Crippen LogP contribution in [0, 0.1) is 0 Å². The highest BCUT2D eigenvalue weighted by molar-refractivity contribution is 8.00. The number of ketones is 1. The second kappa shape index (κ2) is 8.99. The van der Waals surface area contributed by atoms with Crippen LogP contribution < -0.4 is 5.73 Å². The monoisotopic (exact) mass is 506 g/mol. The van der Waals surface area contributed by atoms with Crippen LogP contribution in [0.3, 0.4) is 0 Å². The fourth-order valence-electron chi connectivity index (χ4n) is 3.19. The zero-order valence-electron chi connectivity index (χ0n) is 16.1. The first-order valence-electron chi connectivity index (χ1n) is 8.90. The molecule has 2 aliphatic rings. The third-order valence-electron chi connectivity index (χ3n) is 4.61. The summed E-state index contributed by atoms with van der Waals surface area (Å²) in [6.45, 7) is 0.386. The van der Waals surface area contributed by atoms with Crippen LogP contribution in [0.5, 0.6) is 0 Å². The van der Waals surface area contributed by atoms with E-state index in [2.05, 4.69) is 0 Å². The molecule has 12 heteroatoms. The van der Waals surface area contributed by atoms with Gasteiger partial charge < -0.3 is 15.2 Å². The number of thioether (sulfide) groups is 1. The Kier molecular flexibility index (Phi) is 6.93. The molecular formula is C19H17Cl3N2O6S. The molecule has 8 nitrogen and oxygen atoms in total. The molecule has 2 atom stereocenters. The highest BCUT2D eigenvalue weighted by Gasteiger charge is 2.66. The summed E-state index contributed by atoms with van der Waals surface area (Å²) in [5, 5.41) is -0.857. The summed E-state index contributed by atoms with van der Waals surface area (Å²) in [6, 6.07) is 8.15. The number of nitrogens with two attached hydrogens (primary N) is 1. The van der Waals surface area contributed by atoms with Crippen LogP contribution in [0.1, 0.15) is 17.3 Å². The fraction of sp³-hybridized carbons (Fsp3) is 0.368. The molecule has 1 amide bonds. The van der Waals surface area contributed by atoms with Crippen molar-refractivity contribution in [1.82, 2.24) is 4.90 Å². The molecule has 2 heterocycles. The SMILES string of the molecule is CC(=O)OCC1=C(C(=O)OCC(Cl)(Cl)Cl)N2C(=O)[C@@](N)(C(=O)c3ccccc3)[C@H]2SC1. The highest BCUT2D eigenvalue weighted by atomic mass is 35.6. The van der Waals surface area contributed by atoms with Crippen molar-refractivity contribution in [3.8, 4) is 0 Å². The molecule has 2 N–H and O–H groups in total. The lowest BCUT2D eigenvalue weighted by atomic mass is 9.80. The Morgan fingerprint density at radius 2 is 1.87 bits per heavy atom. The zero-order chi connectivity index (χ0) is 23.0. The van der Waals surface area contributed by atoms with Crippen LogP contribution in [0.2, 0.25) is 0 Å². The Morgan fingerprint density at radius 1 is 1.23 bits per heavy atom. The van der Waals surface area contributed by atoms with E-state index in [1.807, 2.05) is 0 Å². The van der Waals surface area contributed by atoms with Gasteiger partial charge in [-0.3, -0.25) is 19.3 Å². The van der Waals surface area contributed by atoms with Gasteiger partial charge in [0.1, 0.15) is 24.3 Å². The fourth-order valence-corrected chi connectivity index (χ4v) is 4.75. The number of hydrogen-bond donors (Lipinski definition) is 1. The predicted octanol–water partition coefficient (Wildman–Crippen LogP) is 2.21. The number of benzene rings is 1. The van der Waals surface area contributed by atoms with Crippen molar-refractivity contribution in [1.29, 1.82) is 0 Å². The highest BCUT2D eigenvalue weighted by Crippen LogP contribution is 2.46. The Balaban J connectivity index is 1.92. The van der Waals surface area contributed by atoms with E-state index in [9.17, 15) is 19.2 Å². The van der Waals surface area contributed by atoms with Gasteiger partial charge >= 0.3 is 11.9 Å². The van der Waals surface area contributed by atoms with Crippen molar-refractivity contribution < 1.29 is 28.7 Å². The molecule has 166 valence electrons. The second-order valence-corrected chi connectivity index (χ2v) is 10.4. The van der Waals surface area contributed by atoms with Crippen molar-refractivity contribution in [3.63, 3.8) is 0 Å². The molecule has 0 aliphatic carbocycles. The van der Waals surface area contributed by atoms with Gasteiger partial charge in [0.25, 0.3) is 5.91 Å². The number of ether oxygens (including phenoxy) is 2. The van der Waals surface area contributed by atoms with E-state index in [0.717, 1.165) is 4.90 Å². The molecule has 1 fully saturated rings. The summed E-state index contributed by atoms with van der Waals surface area (Å²) in [5.74, 6) is -2.71. The first-order valence-corrected chi connectivity index (χ1v) is 11.1. The van der Waals surface area contributed by atoms with Crippen LogP contribution in [0.15, 0.2) is 41.6 Å². The number of halogens is 3. The molecule has 1 aromatic rings. The standard InChI is InChI=1S/C19H17Cl3N2O6S/c1-10(25)29-7-12-8-31-17-19(23,14(26)11-5-3-2-4-6-11)16(28)24(17)13(12)15(27)30-9-18(20,21)22/h2-6,17H,7-9,23H2,1H3/t17-,19+/m1/s1. The molecule has 0 radical (unpaired) electrons. The van der Waals surface area contributed by atoms with E-state index in [1.165, 1.54) is 18.7 Å². The molecule has 0 spiro atoms. The van der Waals surface area contributed by atoms with E-state index >= 15 is 0 Å². The van der Waals surface area contributed by atoms with Gasteiger partial charge in [-0.1, -0.05) is 65.1 Å². The Labute approximate surface area is 196 Å². The number of hydrogen-bond acceptors (Lipinski definition) is 8. The Bertz CT molecular complexity index is 965. The zero-order valence-corrected chi connectivity index (χ0v) is 19.2. The number of alkyl halides is 3. The number of esters is 2. The quantitative estimate of drug-likeness (QED) is 0.205. The van der Waals surface area contributed by atoms with Crippen molar-refractivity contribution in [2.24, 2.45) is 5.73 Å². The van der Waals surface area contributed by atoms with Crippen LogP contribution in [0.25, 0.3) is 0 Å². The molecule has 0 bridgehead atoms. The first-order chi connectivity index (χ1) is 14.5. The van der Waals surface area contributed by atoms with Gasteiger partial charge in [-0.2, -0.15) is 0 Å². The smallest absolute Gasteiger partial charge is 0.355 e. The lowest BCUT2D eigenvalue weighted by Gasteiger charge is -2.54. The lowest BCUT2D eigenvalue weighted by molar-refractivity contribution is -0.154. The van der Waals surface area contributed by atoms with Gasteiger partial charge in [-0.05, 0) is 0 Å². The van der Waals surface area contributed by atoms with Gasteiger partial charge in [-0.25, -0.2) is 4.79 Å². The van der Waals surface area contributed by atoms with Crippen molar-refractivity contribution in [3.05, 3.63) is 47.2 Å². The number of fused-ring (bicyclic) bond motifs is 1. The Morgan fingerprint density at radius 3 is 2.45 bits per heavy atom. The molecular weight excluding hydrogens is 491 g/mol. The van der Waals surface area contributed by atoms with Gasteiger partial charge in [0.05, 0.1) is 0 Å². The molecule has 1 saturated heterocycles. The van der Waals surface area contributed by atoms with E-state index in [4.69, 9.17) is 50.0 Å². The average Bonchev–Trinajstić information content (AvgIpc) is 2.73. The van der Waals surface area contributed by atoms with Crippen LogP contribution in [-0.4, -0.2) is 62.2 Å². The minimum atomic E-state index is -1.87. The maximum Gasteiger partial charge on any atom is 0.355 e. The van der Waals surface area contributed by atoms with Gasteiger partial charge in [0.2, 0.25) is 3.79 Å². The summed E-state index contributed by atoms with van der Waals surface area (Å²) < 4.78 is 8.16. The summed E-state index contributed by atoms with van der Waals surface area (Å²) in [5.41, 5.74) is 4.81. The number of amides is 1. The van der Waals surface area contributed by atoms with Crippen molar-refractivity contribution in [2.75, 3.05) is 19.0 Å². The number of rotatable bonds is 6. The third-order valence-corrected chi connectivity index (χ3v) is 6.35. The molecule has 0 saturated carbocycles. The number of nitrogens with zero attached hydrogens (tertiary/aromatic N) is 1. The third kappa shape index (κ3) is 4.70. The maximum atomic E-state index is 13.1. The second-order valence-electron chi connectivity index (χ2n) is 6.83. The van der Waals surface area contributed by atoms with E-state index < -0.39 is 44.9 Å². The molecule has 0 unspecified atom stereocenters. The van der Waals surface area contributed by atoms with Crippen molar-refractivity contribution in [2.45, 2.75) is 21.6 Å². The topological polar surface area (TPSA) is 116 Å². The Hall–Kier alpha value is -1.78. The number of β-lactam (4-membered cyclic amide) rings is 1. The van der Waals surface area contributed by atoms with Crippen LogP contribution in [-0.2, 0) is 23.9 Å². The van der Waals surface area contributed by atoms with Crippen LogP contribution in [0.4, 0.5) is 0 Å². The largest absolute Gasteiger partial charge is 0.461 e. The van der Waals surface area contributed by atoms with Gasteiger partial charge in [-0.15, -0.1) is 11.8 Å². The first kappa shape index (κ1) is 23.9. The molecule has 0 aromatic heterocycles. The minimum absolute atomic E-state index is 0.168. The summed E-state index contributed by atoms with van der Waals surface area (Å²) >= 11 is 18.1. The van der Waals surface area contributed by atoms with E-state index in [0.29, 0.717) is 5.57 Å². The molecule has 31 heavy (non-hydrogen) atoms. The van der Waals surface area contributed by atoms with E-state index in [-0.39, 0.29) is 23.6 Å².